The van der Waals surface area contributed by atoms with Gasteiger partial charge in [0.25, 0.3) is 0 Å². The lowest BCUT2D eigenvalue weighted by Crippen LogP contribution is -2.57. The van der Waals surface area contributed by atoms with E-state index < -0.39 is 6.04 Å². The number of carbonyl (C=O) groups excluding carboxylic acids is 2. The Morgan fingerprint density at radius 2 is 1.57 bits per heavy atom. The summed E-state index contributed by atoms with van der Waals surface area (Å²) in [6, 6.07) is -0.423. The molecular formula is C18H28N2O3. The minimum Gasteiger partial charge on any atom is -0.378 e. The molecule has 0 aromatic heterocycles. The van der Waals surface area contributed by atoms with Crippen molar-refractivity contribution in [1.29, 1.82) is 0 Å². The number of nitrogens with one attached hydrogen (secondary N) is 1. The van der Waals surface area contributed by atoms with E-state index in [1.54, 1.807) is 0 Å². The minimum atomic E-state index is -0.423. The second-order valence-electron chi connectivity index (χ2n) is 8.33. The Labute approximate surface area is 138 Å². The van der Waals surface area contributed by atoms with Gasteiger partial charge in [0.15, 0.2) is 0 Å². The van der Waals surface area contributed by atoms with Gasteiger partial charge in [-0.1, -0.05) is 0 Å². The van der Waals surface area contributed by atoms with Gasteiger partial charge in [0.05, 0.1) is 13.2 Å². The minimum absolute atomic E-state index is 0.0337. The lowest BCUT2D eigenvalue weighted by Gasteiger charge is -2.55. The Bertz CT molecular complexity index is 463. The molecular weight excluding hydrogens is 292 g/mol. The number of carbonyl (C=O) groups is 2. The molecule has 4 aliphatic carbocycles. The van der Waals surface area contributed by atoms with Crippen LogP contribution in [0.5, 0.6) is 0 Å². The zero-order chi connectivity index (χ0) is 16.0. The Balaban J connectivity index is 1.40. The lowest BCUT2D eigenvalue weighted by atomic mass is 9.49. The molecule has 5 rings (SSSR count). The van der Waals surface area contributed by atoms with Crippen molar-refractivity contribution in [3.05, 3.63) is 0 Å². The summed E-state index contributed by atoms with van der Waals surface area (Å²) in [4.78, 5) is 27.3. The average Bonchev–Trinajstić information content (AvgIpc) is 2.53. The molecule has 1 unspecified atom stereocenters. The fourth-order valence-corrected chi connectivity index (χ4v) is 5.86. The van der Waals surface area contributed by atoms with Crippen LogP contribution in [0.4, 0.5) is 0 Å². The maximum Gasteiger partial charge on any atom is 0.245 e. The summed E-state index contributed by atoms with van der Waals surface area (Å²) >= 11 is 0. The predicted octanol–water partition coefficient (Wildman–Crippen LogP) is 1.57. The molecule has 1 saturated heterocycles. The highest BCUT2D eigenvalue weighted by Crippen LogP contribution is 2.60. The van der Waals surface area contributed by atoms with Gasteiger partial charge in [0, 0.05) is 18.5 Å². The van der Waals surface area contributed by atoms with Gasteiger partial charge in [0.1, 0.15) is 6.04 Å². The SMILES string of the molecule is CC(NC(=O)C12CC3CC(CC(C3)C1)C2)C(=O)N1CCOCC1. The first-order chi connectivity index (χ1) is 11.1. The van der Waals surface area contributed by atoms with Crippen LogP contribution in [0.3, 0.4) is 0 Å². The van der Waals surface area contributed by atoms with Gasteiger partial charge in [-0.3, -0.25) is 9.59 Å². The summed E-state index contributed by atoms with van der Waals surface area (Å²) in [5, 5.41) is 3.06. The zero-order valence-corrected chi connectivity index (χ0v) is 14.1. The van der Waals surface area contributed by atoms with Gasteiger partial charge >= 0.3 is 0 Å². The molecule has 1 atom stereocenters. The van der Waals surface area contributed by atoms with Crippen LogP contribution in [0.25, 0.3) is 0 Å². The van der Waals surface area contributed by atoms with Crippen LogP contribution in [0, 0.1) is 23.2 Å². The van der Waals surface area contributed by atoms with Crippen LogP contribution in [0.15, 0.2) is 0 Å². The molecule has 4 saturated carbocycles. The Morgan fingerprint density at radius 3 is 2.09 bits per heavy atom. The predicted molar refractivity (Wildman–Crippen MR) is 85.6 cm³/mol. The molecule has 2 amide bonds. The van der Waals surface area contributed by atoms with Crippen molar-refractivity contribution in [3.63, 3.8) is 0 Å². The molecule has 5 aliphatic rings. The molecule has 1 aliphatic heterocycles. The summed E-state index contributed by atoms with van der Waals surface area (Å²) in [6.07, 6.45) is 7.12. The highest BCUT2D eigenvalue weighted by molar-refractivity contribution is 5.90. The molecule has 5 fully saturated rings. The van der Waals surface area contributed by atoms with E-state index in [2.05, 4.69) is 5.32 Å². The smallest absolute Gasteiger partial charge is 0.245 e. The van der Waals surface area contributed by atoms with Crippen molar-refractivity contribution < 1.29 is 14.3 Å². The van der Waals surface area contributed by atoms with Crippen LogP contribution in [0.1, 0.15) is 45.4 Å². The molecule has 0 radical (unpaired) electrons. The normalized spacial score (nSPS) is 40.0. The molecule has 0 spiro atoms. The lowest BCUT2D eigenvalue weighted by molar-refractivity contribution is -0.150. The van der Waals surface area contributed by atoms with Crippen molar-refractivity contribution >= 4 is 11.8 Å². The van der Waals surface area contributed by atoms with Gasteiger partial charge in [0.2, 0.25) is 11.8 Å². The van der Waals surface area contributed by atoms with Gasteiger partial charge in [-0.2, -0.15) is 0 Å². The number of amides is 2. The van der Waals surface area contributed by atoms with Crippen molar-refractivity contribution in [1.82, 2.24) is 10.2 Å². The van der Waals surface area contributed by atoms with Crippen LogP contribution in [0.2, 0.25) is 0 Å². The van der Waals surface area contributed by atoms with Crippen LogP contribution in [-0.4, -0.2) is 49.1 Å². The van der Waals surface area contributed by atoms with Crippen molar-refractivity contribution in [2.75, 3.05) is 26.3 Å². The molecule has 5 nitrogen and oxygen atoms in total. The number of hydrogen-bond donors (Lipinski definition) is 1. The van der Waals surface area contributed by atoms with Gasteiger partial charge in [-0.25, -0.2) is 0 Å². The molecule has 0 aromatic rings. The van der Waals surface area contributed by atoms with Gasteiger partial charge in [-0.05, 0) is 63.2 Å². The van der Waals surface area contributed by atoms with Crippen LogP contribution >= 0.6 is 0 Å². The number of rotatable bonds is 3. The third kappa shape index (κ3) is 2.77. The van der Waals surface area contributed by atoms with Gasteiger partial charge in [-0.15, -0.1) is 0 Å². The van der Waals surface area contributed by atoms with E-state index in [9.17, 15) is 9.59 Å². The fraction of sp³-hybridized carbons (Fsp3) is 0.889. The van der Waals surface area contributed by atoms with E-state index in [0.717, 1.165) is 37.0 Å². The second-order valence-corrected chi connectivity index (χ2v) is 8.33. The van der Waals surface area contributed by atoms with Crippen molar-refractivity contribution in [2.24, 2.45) is 23.2 Å². The Morgan fingerprint density at radius 1 is 1.04 bits per heavy atom. The molecule has 1 heterocycles. The summed E-state index contributed by atoms with van der Waals surface area (Å²) in [6.45, 7) is 4.30. The van der Waals surface area contributed by atoms with E-state index in [1.165, 1.54) is 19.3 Å². The first-order valence-electron chi connectivity index (χ1n) is 9.23. The van der Waals surface area contributed by atoms with E-state index in [1.807, 2.05) is 11.8 Å². The molecule has 128 valence electrons. The van der Waals surface area contributed by atoms with E-state index >= 15 is 0 Å². The first kappa shape index (κ1) is 15.4. The van der Waals surface area contributed by atoms with E-state index in [0.29, 0.717) is 26.3 Å². The largest absolute Gasteiger partial charge is 0.378 e. The molecule has 0 aromatic carbocycles. The second kappa shape index (κ2) is 5.76. The standard InChI is InChI=1S/C18H28N2O3/c1-12(16(21)20-2-4-23-5-3-20)19-17(22)18-9-13-6-14(10-18)8-15(7-13)11-18/h12-15H,2-11H2,1H3,(H,19,22). The van der Waals surface area contributed by atoms with E-state index in [4.69, 9.17) is 4.74 Å². The third-order valence-corrected chi connectivity index (χ3v) is 6.56. The summed E-state index contributed by atoms with van der Waals surface area (Å²) in [5.74, 6) is 2.42. The summed E-state index contributed by atoms with van der Waals surface area (Å²) in [5.41, 5.74) is -0.172. The fourth-order valence-electron chi connectivity index (χ4n) is 5.86. The monoisotopic (exact) mass is 320 g/mol. The maximum absolute atomic E-state index is 13.0. The molecule has 4 bridgehead atoms. The van der Waals surface area contributed by atoms with Gasteiger partial charge < -0.3 is 15.0 Å². The molecule has 1 N–H and O–H groups in total. The topological polar surface area (TPSA) is 58.6 Å². The van der Waals surface area contributed by atoms with Crippen molar-refractivity contribution in [3.8, 4) is 0 Å². The first-order valence-corrected chi connectivity index (χ1v) is 9.23. The van der Waals surface area contributed by atoms with Crippen molar-refractivity contribution in [2.45, 2.75) is 51.5 Å². The van der Waals surface area contributed by atoms with Crippen LogP contribution in [-0.2, 0) is 14.3 Å². The summed E-state index contributed by atoms with van der Waals surface area (Å²) in [7, 11) is 0. The number of nitrogens with zero attached hydrogens (tertiary/aromatic N) is 1. The maximum atomic E-state index is 13.0. The average molecular weight is 320 g/mol. The number of ether oxygens (including phenoxy) is 1. The third-order valence-electron chi connectivity index (χ3n) is 6.56. The van der Waals surface area contributed by atoms with E-state index in [-0.39, 0.29) is 17.2 Å². The number of morpholine rings is 1. The zero-order valence-electron chi connectivity index (χ0n) is 14.1. The molecule has 5 heteroatoms. The Kier molecular flexibility index (Phi) is 3.87. The molecule has 23 heavy (non-hydrogen) atoms. The van der Waals surface area contributed by atoms with Crippen LogP contribution < -0.4 is 5.32 Å². The summed E-state index contributed by atoms with van der Waals surface area (Å²) < 4.78 is 5.29. The number of hydrogen-bond acceptors (Lipinski definition) is 3. The quantitative estimate of drug-likeness (QED) is 0.859. The highest BCUT2D eigenvalue weighted by atomic mass is 16.5. The Hall–Kier alpha value is -1.10. The highest BCUT2D eigenvalue weighted by Gasteiger charge is 2.54.